The highest BCUT2D eigenvalue weighted by Gasteiger charge is 2.28. The van der Waals surface area contributed by atoms with Crippen LogP contribution in [0.15, 0.2) is 29.7 Å². The number of hydrogen-bond acceptors (Lipinski definition) is 5. The lowest BCUT2D eigenvalue weighted by Crippen LogP contribution is -2.33. The Morgan fingerprint density at radius 1 is 1.53 bits per heavy atom. The van der Waals surface area contributed by atoms with E-state index in [9.17, 15) is 13.2 Å². The van der Waals surface area contributed by atoms with Gasteiger partial charge in [0, 0.05) is 25.0 Å². The van der Waals surface area contributed by atoms with Gasteiger partial charge in [0.25, 0.3) is 0 Å². The minimum Gasteiger partial charge on any atom is -0.480 e. The molecule has 2 aromatic rings. The molecule has 0 radical (unpaired) electrons. The zero-order valence-corrected chi connectivity index (χ0v) is 10.6. The highest BCUT2D eigenvalue weighted by atomic mass is 32.2. The SMILES string of the molecule is Cn1cc(C(NS(=O)(=O)c2cn[nH]c2)C(=O)O)cn1. The molecule has 0 saturated carbocycles. The van der Waals surface area contributed by atoms with Gasteiger partial charge in [-0.1, -0.05) is 0 Å². The molecule has 0 spiro atoms. The molecule has 10 heteroatoms. The van der Waals surface area contributed by atoms with Crippen molar-refractivity contribution in [3.05, 3.63) is 30.4 Å². The van der Waals surface area contributed by atoms with E-state index in [1.807, 2.05) is 0 Å². The van der Waals surface area contributed by atoms with Crippen molar-refractivity contribution in [1.82, 2.24) is 24.7 Å². The molecule has 0 fully saturated rings. The summed E-state index contributed by atoms with van der Waals surface area (Å²) in [7, 11) is -2.36. The number of carbonyl (C=O) groups is 1. The van der Waals surface area contributed by atoms with Crippen LogP contribution in [0.5, 0.6) is 0 Å². The van der Waals surface area contributed by atoms with Crippen molar-refractivity contribution in [3.8, 4) is 0 Å². The highest BCUT2D eigenvalue weighted by Crippen LogP contribution is 2.16. The Morgan fingerprint density at radius 3 is 2.74 bits per heavy atom. The van der Waals surface area contributed by atoms with Gasteiger partial charge >= 0.3 is 5.97 Å². The van der Waals surface area contributed by atoms with Gasteiger partial charge in [0.1, 0.15) is 10.9 Å². The summed E-state index contributed by atoms with van der Waals surface area (Å²) in [6, 6.07) is -1.41. The lowest BCUT2D eigenvalue weighted by atomic mass is 10.2. The van der Waals surface area contributed by atoms with Crippen molar-refractivity contribution in [1.29, 1.82) is 0 Å². The number of rotatable bonds is 5. The molecule has 9 nitrogen and oxygen atoms in total. The number of aromatic nitrogens is 4. The van der Waals surface area contributed by atoms with Gasteiger partial charge in [-0.2, -0.15) is 14.9 Å². The summed E-state index contributed by atoms with van der Waals surface area (Å²) in [6.45, 7) is 0. The molecule has 0 saturated heterocycles. The molecule has 1 unspecified atom stereocenters. The maximum absolute atomic E-state index is 11.9. The Labute approximate surface area is 108 Å². The molecule has 0 aromatic carbocycles. The van der Waals surface area contributed by atoms with E-state index in [1.165, 1.54) is 17.1 Å². The quantitative estimate of drug-likeness (QED) is 0.662. The second kappa shape index (κ2) is 4.82. The number of hydrogen-bond donors (Lipinski definition) is 3. The van der Waals surface area contributed by atoms with E-state index in [-0.39, 0.29) is 10.5 Å². The van der Waals surface area contributed by atoms with Crippen LogP contribution in [0.1, 0.15) is 11.6 Å². The summed E-state index contributed by atoms with van der Waals surface area (Å²) in [5.74, 6) is -1.32. The molecule has 0 aliphatic carbocycles. The lowest BCUT2D eigenvalue weighted by Gasteiger charge is -2.12. The normalized spacial score (nSPS) is 13.3. The van der Waals surface area contributed by atoms with Crippen molar-refractivity contribution < 1.29 is 18.3 Å². The maximum Gasteiger partial charge on any atom is 0.326 e. The van der Waals surface area contributed by atoms with Crippen LogP contribution in [0.4, 0.5) is 0 Å². The number of H-pyrrole nitrogens is 1. The first-order valence-electron chi connectivity index (χ1n) is 5.12. The molecule has 3 N–H and O–H groups in total. The van der Waals surface area contributed by atoms with E-state index in [4.69, 9.17) is 5.11 Å². The Balaban J connectivity index is 2.30. The van der Waals surface area contributed by atoms with Gasteiger partial charge < -0.3 is 5.11 Å². The molecule has 2 rings (SSSR count). The summed E-state index contributed by atoms with van der Waals surface area (Å²) < 4.78 is 27.3. The van der Waals surface area contributed by atoms with E-state index in [1.54, 1.807) is 7.05 Å². The van der Waals surface area contributed by atoms with Crippen molar-refractivity contribution in [2.45, 2.75) is 10.9 Å². The first kappa shape index (κ1) is 13.2. The van der Waals surface area contributed by atoms with E-state index < -0.39 is 22.0 Å². The zero-order valence-electron chi connectivity index (χ0n) is 9.81. The minimum atomic E-state index is -3.96. The van der Waals surface area contributed by atoms with Gasteiger partial charge in [-0.25, -0.2) is 8.42 Å². The molecule has 2 heterocycles. The largest absolute Gasteiger partial charge is 0.480 e. The number of aromatic amines is 1. The third-order valence-corrected chi connectivity index (χ3v) is 3.75. The van der Waals surface area contributed by atoms with Gasteiger partial charge in [-0.05, 0) is 0 Å². The van der Waals surface area contributed by atoms with Gasteiger partial charge in [0.15, 0.2) is 0 Å². The summed E-state index contributed by atoms with van der Waals surface area (Å²) >= 11 is 0. The number of carboxylic acid groups (broad SMARTS) is 1. The van der Waals surface area contributed by atoms with Crippen LogP contribution in [0.25, 0.3) is 0 Å². The Morgan fingerprint density at radius 2 is 2.26 bits per heavy atom. The second-order valence-corrected chi connectivity index (χ2v) is 5.49. The Hall–Kier alpha value is -2.20. The molecule has 102 valence electrons. The second-order valence-electron chi connectivity index (χ2n) is 3.77. The van der Waals surface area contributed by atoms with Gasteiger partial charge in [0.05, 0.1) is 12.4 Å². The number of nitrogens with one attached hydrogen (secondary N) is 2. The number of aliphatic carboxylic acids is 1. The Bertz CT molecular complexity index is 675. The maximum atomic E-state index is 11.9. The van der Waals surface area contributed by atoms with Crippen LogP contribution >= 0.6 is 0 Å². The zero-order chi connectivity index (χ0) is 14.0. The van der Waals surface area contributed by atoms with Crippen LogP contribution in [-0.4, -0.2) is 39.5 Å². The molecule has 0 amide bonds. The summed E-state index contributed by atoms with van der Waals surface area (Å²) in [4.78, 5) is 11.0. The summed E-state index contributed by atoms with van der Waals surface area (Å²) in [6.07, 6.45) is 4.96. The van der Waals surface area contributed by atoms with Crippen molar-refractivity contribution in [3.63, 3.8) is 0 Å². The van der Waals surface area contributed by atoms with Gasteiger partial charge in [-0.3, -0.25) is 14.6 Å². The van der Waals surface area contributed by atoms with Crippen molar-refractivity contribution in [2.75, 3.05) is 0 Å². The number of sulfonamides is 1. The van der Waals surface area contributed by atoms with Crippen LogP contribution in [0.2, 0.25) is 0 Å². The van der Waals surface area contributed by atoms with Crippen LogP contribution < -0.4 is 4.72 Å². The first-order valence-corrected chi connectivity index (χ1v) is 6.61. The van der Waals surface area contributed by atoms with E-state index in [0.29, 0.717) is 0 Å². The van der Waals surface area contributed by atoms with E-state index in [0.717, 1.165) is 12.4 Å². The number of nitrogens with zero attached hydrogens (tertiary/aromatic N) is 3. The van der Waals surface area contributed by atoms with Crippen LogP contribution in [0, 0.1) is 0 Å². The molecule has 19 heavy (non-hydrogen) atoms. The Kier molecular flexibility index (Phi) is 3.36. The fraction of sp³-hybridized carbons (Fsp3) is 0.222. The topological polar surface area (TPSA) is 130 Å². The lowest BCUT2D eigenvalue weighted by molar-refractivity contribution is -0.139. The molecular formula is C9H11N5O4S. The molecule has 2 aromatic heterocycles. The third kappa shape index (κ3) is 2.80. The molecule has 1 atom stereocenters. The van der Waals surface area contributed by atoms with Crippen LogP contribution in [0.3, 0.4) is 0 Å². The highest BCUT2D eigenvalue weighted by molar-refractivity contribution is 7.89. The van der Waals surface area contributed by atoms with Crippen molar-refractivity contribution in [2.24, 2.45) is 7.05 Å². The molecule has 0 bridgehead atoms. The van der Waals surface area contributed by atoms with E-state index >= 15 is 0 Å². The standard InChI is InChI=1S/C9H11N5O4S/c1-14-5-6(2-12-14)8(9(15)16)13-19(17,18)7-3-10-11-4-7/h2-5,8,13H,1H3,(H,10,11)(H,15,16). The molecular weight excluding hydrogens is 274 g/mol. The smallest absolute Gasteiger partial charge is 0.326 e. The first-order chi connectivity index (χ1) is 8.90. The predicted octanol–water partition coefficient (Wildman–Crippen LogP) is -0.753. The van der Waals surface area contributed by atoms with Crippen LogP contribution in [-0.2, 0) is 21.9 Å². The predicted molar refractivity (Wildman–Crippen MR) is 62.5 cm³/mol. The number of carboxylic acids is 1. The fourth-order valence-electron chi connectivity index (χ4n) is 1.46. The average molecular weight is 285 g/mol. The third-order valence-electron chi connectivity index (χ3n) is 2.36. The minimum absolute atomic E-state index is 0.136. The van der Waals surface area contributed by atoms with Crippen molar-refractivity contribution >= 4 is 16.0 Å². The summed E-state index contributed by atoms with van der Waals surface area (Å²) in [5.41, 5.74) is 0.238. The van der Waals surface area contributed by atoms with Gasteiger partial charge in [0.2, 0.25) is 10.0 Å². The molecule has 0 aliphatic heterocycles. The monoisotopic (exact) mass is 285 g/mol. The summed E-state index contributed by atoms with van der Waals surface area (Å²) in [5, 5.41) is 18.8. The van der Waals surface area contributed by atoms with E-state index in [2.05, 4.69) is 20.0 Å². The fourth-order valence-corrected chi connectivity index (χ4v) is 2.54. The average Bonchev–Trinajstić information content (AvgIpc) is 2.96. The molecule has 0 aliphatic rings. The number of aryl methyl sites for hydroxylation is 1. The van der Waals surface area contributed by atoms with Gasteiger partial charge in [-0.15, -0.1) is 0 Å².